The molecule has 0 atom stereocenters. The minimum Gasteiger partial charge on any atom is -0.355 e. The average molecular weight is 212 g/mol. The van der Waals surface area contributed by atoms with Crippen LogP contribution in [0.5, 0.6) is 0 Å². The lowest BCUT2D eigenvalue weighted by Gasteiger charge is -2.07. The molecule has 1 aromatic heterocycles. The van der Waals surface area contributed by atoms with Crippen LogP contribution in [0, 0.1) is 0 Å². The molecule has 0 radical (unpaired) electrons. The lowest BCUT2D eigenvalue weighted by atomic mass is 10.0. The summed E-state index contributed by atoms with van der Waals surface area (Å²) in [5, 5.41) is 2.62. The van der Waals surface area contributed by atoms with Gasteiger partial charge >= 0.3 is 0 Å². The van der Waals surface area contributed by atoms with Crippen molar-refractivity contribution < 1.29 is 4.79 Å². The third-order valence-corrected chi connectivity index (χ3v) is 2.38. The van der Waals surface area contributed by atoms with Crippen LogP contribution in [0.2, 0.25) is 0 Å². The molecular formula is C13H12N2O. The average Bonchev–Trinajstić information content (AvgIpc) is 2.39. The first kappa shape index (κ1) is 10.4. The molecule has 2 rings (SSSR count). The zero-order chi connectivity index (χ0) is 11.4. The number of nitrogens with one attached hydrogen (secondary N) is 1. The predicted octanol–water partition coefficient (Wildman–Crippen LogP) is 2.11. The second-order valence-corrected chi connectivity index (χ2v) is 3.37. The van der Waals surface area contributed by atoms with E-state index in [0.29, 0.717) is 5.56 Å². The number of carbonyl (C=O) groups is 1. The maximum absolute atomic E-state index is 11.7. The van der Waals surface area contributed by atoms with E-state index in [0.717, 1.165) is 11.1 Å². The minimum absolute atomic E-state index is 0.0961. The van der Waals surface area contributed by atoms with Crippen LogP contribution in [-0.2, 0) is 0 Å². The maximum atomic E-state index is 11.7. The topological polar surface area (TPSA) is 42.0 Å². The molecule has 3 nitrogen and oxygen atoms in total. The molecule has 1 heterocycles. The highest BCUT2D eigenvalue weighted by Crippen LogP contribution is 2.21. The lowest BCUT2D eigenvalue weighted by molar-refractivity contribution is 0.0963. The second kappa shape index (κ2) is 4.57. The Hall–Kier alpha value is -2.16. The summed E-state index contributed by atoms with van der Waals surface area (Å²) in [7, 11) is 1.62. The highest BCUT2D eigenvalue weighted by Gasteiger charge is 2.10. The molecule has 0 bridgehead atoms. The van der Waals surface area contributed by atoms with E-state index < -0.39 is 0 Å². The number of amides is 1. The van der Waals surface area contributed by atoms with Gasteiger partial charge in [0.2, 0.25) is 0 Å². The Morgan fingerprint density at radius 2 is 1.94 bits per heavy atom. The van der Waals surface area contributed by atoms with Crippen molar-refractivity contribution in [2.45, 2.75) is 0 Å². The van der Waals surface area contributed by atoms with Gasteiger partial charge in [-0.15, -0.1) is 0 Å². The summed E-state index contributed by atoms with van der Waals surface area (Å²) in [5.41, 5.74) is 2.49. The smallest absolute Gasteiger partial charge is 0.251 e. The number of aromatic nitrogens is 1. The molecule has 80 valence electrons. The van der Waals surface area contributed by atoms with Crippen LogP contribution in [0.4, 0.5) is 0 Å². The van der Waals surface area contributed by atoms with Crippen molar-refractivity contribution in [3.63, 3.8) is 0 Å². The van der Waals surface area contributed by atoms with Crippen molar-refractivity contribution in [3.05, 3.63) is 54.4 Å². The molecule has 3 heteroatoms. The molecule has 0 aliphatic carbocycles. The summed E-state index contributed by atoms with van der Waals surface area (Å²) < 4.78 is 0. The highest BCUT2D eigenvalue weighted by molar-refractivity contribution is 6.00. The largest absolute Gasteiger partial charge is 0.355 e. The molecule has 1 N–H and O–H groups in total. The molecule has 0 aliphatic rings. The predicted molar refractivity (Wildman–Crippen MR) is 63.1 cm³/mol. The molecule has 1 aromatic carbocycles. The Morgan fingerprint density at radius 3 is 2.62 bits per heavy atom. The third kappa shape index (κ3) is 1.93. The van der Waals surface area contributed by atoms with Gasteiger partial charge in [-0.25, -0.2) is 0 Å². The van der Waals surface area contributed by atoms with E-state index in [4.69, 9.17) is 0 Å². The van der Waals surface area contributed by atoms with Gasteiger partial charge in [-0.2, -0.15) is 0 Å². The van der Waals surface area contributed by atoms with Crippen molar-refractivity contribution in [2.24, 2.45) is 0 Å². The number of benzene rings is 1. The molecule has 0 aliphatic heterocycles. The standard InChI is InChI=1S/C13H12N2O/c1-14-13(16)11-7-8-15-9-12(11)10-5-3-2-4-6-10/h2-9H,1H3,(H,14,16). The van der Waals surface area contributed by atoms with Crippen LogP contribution >= 0.6 is 0 Å². The van der Waals surface area contributed by atoms with Gasteiger partial charge in [-0.1, -0.05) is 30.3 Å². The lowest BCUT2D eigenvalue weighted by Crippen LogP contribution is -2.18. The minimum atomic E-state index is -0.0961. The Labute approximate surface area is 94.1 Å². The molecule has 0 saturated carbocycles. The SMILES string of the molecule is CNC(=O)c1ccncc1-c1ccccc1. The van der Waals surface area contributed by atoms with Crippen molar-refractivity contribution in [1.82, 2.24) is 10.3 Å². The van der Waals surface area contributed by atoms with Crippen molar-refractivity contribution in [3.8, 4) is 11.1 Å². The van der Waals surface area contributed by atoms with Crippen LogP contribution in [0.1, 0.15) is 10.4 Å². The van der Waals surface area contributed by atoms with Gasteiger partial charge in [0.05, 0.1) is 5.56 Å². The zero-order valence-electron chi connectivity index (χ0n) is 8.97. The van der Waals surface area contributed by atoms with E-state index in [1.807, 2.05) is 30.3 Å². The second-order valence-electron chi connectivity index (χ2n) is 3.37. The fraction of sp³-hybridized carbons (Fsp3) is 0.0769. The van der Waals surface area contributed by atoms with Crippen molar-refractivity contribution >= 4 is 5.91 Å². The molecule has 0 spiro atoms. The van der Waals surface area contributed by atoms with Gasteiger partial charge in [-0.3, -0.25) is 9.78 Å². The van der Waals surface area contributed by atoms with Gasteiger partial charge in [0, 0.05) is 25.0 Å². The normalized spacial score (nSPS) is 9.81. The van der Waals surface area contributed by atoms with Crippen molar-refractivity contribution in [1.29, 1.82) is 0 Å². The maximum Gasteiger partial charge on any atom is 0.251 e. The summed E-state index contributed by atoms with van der Waals surface area (Å²) in [6.07, 6.45) is 3.33. The fourth-order valence-electron chi connectivity index (χ4n) is 1.57. The van der Waals surface area contributed by atoms with Gasteiger partial charge in [0.1, 0.15) is 0 Å². The summed E-state index contributed by atoms with van der Waals surface area (Å²) in [4.78, 5) is 15.7. The Balaban J connectivity index is 2.53. The molecule has 0 fully saturated rings. The van der Waals surface area contributed by atoms with E-state index in [1.54, 1.807) is 25.5 Å². The van der Waals surface area contributed by atoms with Crippen LogP contribution in [-0.4, -0.2) is 17.9 Å². The number of hydrogen-bond donors (Lipinski definition) is 1. The fourth-order valence-corrected chi connectivity index (χ4v) is 1.57. The first-order valence-corrected chi connectivity index (χ1v) is 5.04. The molecule has 1 amide bonds. The summed E-state index contributed by atoms with van der Waals surface area (Å²) in [6.45, 7) is 0. The summed E-state index contributed by atoms with van der Waals surface area (Å²) in [6, 6.07) is 11.5. The van der Waals surface area contributed by atoms with Crippen LogP contribution in [0.15, 0.2) is 48.8 Å². The monoisotopic (exact) mass is 212 g/mol. The molecule has 0 saturated heterocycles. The van der Waals surface area contributed by atoms with Crippen LogP contribution < -0.4 is 5.32 Å². The van der Waals surface area contributed by atoms with Gasteiger partial charge in [0.25, 0.3) is 5.91 Å². The molecule has 2 aromatic rings. The van der Waals surface area contributed by atoms with E-state index in [-0.39, 0.29) is 5.91 Å². The Kier molecular flexibility index (Phi) is 2.96. The number of nitrogens with zero attached hydrogens (tertiary/aromatic N) is 1. The van der Waals surface area contributed by atoms with Gasteiger partial charge < -0.3 is 5.32 Å². The Bertz CT molecular complexity index is 494. The zero-order valence-corrected chi connectivity index (χ0v) is 8.97. The van der Waals surface area contributed by atoms with E-state index >= 15 is 0 Å². The van der Waals surface area contributed by atoms with E-state index in [2.05, 4.69) is 10.3 Å². The van der Waals surface area contributed by atoms with E-state index in [9.17, 15) is 4.79 Å². The van der Waals surface area contributed by atoms with Crippen molar-refractivity contribution in [2.75, 3.05) is 7.05 Å². The summed E-state index contributed by atoms with van der Waals surface area (Å²) >= 11 is 0. The number of rotatable bonds is 2. The molecule has 16 heavy (non-hydrogen) atoms. The van der Waals surface area contributed by atoms with Gasteiger partial charge in [-0.05, 0) is 11.6 Å². The van der Waals surface area contributed by atoms with E-state index in [1.165, 1.54) is 0 Å². The molecule has 0 unspecified atom stereocenters. The van der Waals surface area contributed by atoms with Crippen LogP contribution in [0.25, 0.3) is 11.1 Å². The number of pyridine rings is 1. The molecular weight excluding hydrogens is 200 g/mol. The first-order valence-electron chi connectivity index (χ1n) is 5.04. The summed E-state index contributed by atoms with van der Waals surface area (Å²) in [5.74, 6) is -0.0961. The number of carbonyl (C=O) groups excluding carboxylic acids is 1. The van der Waals surface area contributed by atoms with Gasteiger partial charge in [0.15, 0.2) is 0 Å². The number of hydrogen-bond acceptors (Lipinski definition) is 2. The Morgan fingerprint density at radius 1 is 1.19 bits per heavy atom. The first-order chi connectivity index (χ1) is 7.83. The highest BCUT2D eigenvalue weighted by atomic mass is 16.1. The van der Waals surface area contributed by atoms with Crippen LogP contribution in [0.3, 0.4) is 0 Å². The quantitative estimate of drug-likeness (QED) is 0.828. The third-order valence-electron chi connectivity index (χ3n) is 2.38.